The second-order valence-electron chi connectivity index (χ2n) is 5.48. The summed E-state index contributed by atoms with van der Waals surface area (Å²) in [7, 11) is 0. The fourth-order valence-corrected chi connectivity index (χ4v) is 3.04. The van der Waals surface area contributed by atoms with Gasteiger partial charge in [-0.1, -0.05) is 6.07 Å². The van der Waals surface area contributed by atoms with Gasteiger partial charge in [0.15, 0.2) is 6.61 Å². The van der Waals surface area contributed by atoms with E-state index < -0.39 is 0 Å². The van der Waals surface area contributed by atoms with Crippen LogP contribution in [-0.2, 0) is 4.79 Å². The van der Waals surface area contributed by atoms with Crippen LogP contribution in [0.2, 0.25) is 0 Å². The smallest absolute Gasteiger partial charge is 0.277 e. The Morgan fingerprint density at radius 1 is 1.20 bits per heavy atom. The van der Waals surface area contributed by atoms with E-state index in [0.717, 1.165) is 26.9 Å². The molecule has 0 saturated carbocycles. The van der Waals surface area contributed by atoms with E-state index in [1.165, 1.54) is 0 Å². The van der Waals surface area contributed by atoms with E-state index in [1.807, 2.05) is 57.2 Å². The Morgan fingerprint density at radius 2 is 1.92 bits per heavy atom. The third-order valence-corrected chi connectivity index (χ3v) is 3.90. The van der Waals surface area contributed by atoms with E-state index in [9.17, 15) is 4.79 Å². The van der Waals surface area contributed by atoms with Crippen LogP contribution in [0.1, 0.15) is 23.6 Å². The van der Waals surface area contributed by atoms with E-state index >= 15 is 0 Å². The van der Waals surface area contributed by atoms with Crippen LogP contribution in [0.3, 0.4) is 0 Å². The summed E-state index contributed by atoms with van der Waals surface area (Å²) in [6.45, 7) is 6.39. The van der Waals surface area contributed by atoms with Crippen molar-refractivity contribution in [2.45, 2.75) is 20.8 Å². The summed E-state index contributed by atoms with van der Waals surface area (Å²) in [6, 6.07) is 11.4. The maximum absolute atomic E-state index is 11.9. The van der Waals surface area contributed by atoms with Gasteiger partial charge in [0, 0.05) is 0 Å². The van der Waals surface area contributed by atoms with Gasteiger partial charge in [0.2, 0.25) is 0 Å². The lowest BCUT2D eigenvalue weighted by Gasteiger charge is -2.11. The van der Waals surface area contributed by atoms with Crippen molar-refractivity contribution in [3.8, 4) is 11.5 Å². The van der Waals surface area contributed by atoms with Crippen molar-refractivity contribution >= 4 is 28.1 Å². The number of aryl methyl sites for hydroxylation is 2. The quantitative estimate of drug-likeness (QED) is 0.560. The number of nitrogens with zero attached hydrogens (tertiary/aromatic N) is 1. The molecule has 0 radical (unpaired) electrons. The molecule has 25 heavy (non-hydrogen) atoms. The first-order valence-corrected chi connectivity index (χ1v) is 8.73. The normalized spacial score (nSPS) is 10.7. The summed E-state index contributed by atoms with van der Waals surface area (Å²) < 4.78 is 11.8. The Morgan fingerprint density at radius 3 is 2.56 bits per heavy atom. The van der Waals surface area contributed by atoms with Crippen molar-refractivity contribution in [3.05, 3.63) is 57.6 Å². The minimum atomic E-state index is -0.325. The molecule has 5 nitrogen and oxygen atoms in total. The SMILES string of the molecule is CCOc1ccc(/C=N/NC(=O)COc2c(C)cc(C)cc2Br)cc1. The van der Waals surface area contributed by atoms with Crippen molar-refractivity contribution in [1.82, 2.24) is 5.43 Å². The average Bonchev–Trinajstić information content (AvgIpc) is 2.56. The highest BCUT2D eigenvalue weighted by atomic mass is 79.9. The molecule has 2 aromatic carbocycles. The Labute approximate surface area is 156 Å². The third-order valence-electron chi connectivity index (χ3n) is 3.32. The zero-order valence-corrected chi connectivity index (χ0v) is 16.1. The van der Waals surface area contributed by atoms with Gasteiger partial charge in [-0.3, -0.25) is 4.79 Å². The number of halogens is 1. The predicted octanol–water partition coefficient (Wildman–Crippen LogP) is 3.99. The molecule has 0 heterocycles. The second-order valence-corrected chi connectivity index (χ2v) is 6.33. The number of hydrogen-bond acceptors (Lipinski definition) is 4. The highest BCUT2D eigenvalue weighted by Gasteiger charge is 2.08. The van der Waals surface area contributed by atoms with Crippen LogP contribution in [0.4, 0.5) is 0 Å². The fourth-order valence-electron chi connectivity index (χ4n) is 2.25. The molecule has 0 spiro atoms. The summed E-state index contributed by atoms with van der Waals surface area (Å²) in [5.41, 5.74) is 5.41. The predicted molar refractivity (Wildman–Crippen MR) is 102 cm³/mol. The topological polar surface area (TPSA) is 59.9 Å². The number of nitrogens with one attached hydrogen (secondary N) is 1. The molecule has 0 aromatic heterocycles. The molecule has 2 aromatic rings. The molecule has 132 valence electrons. The Bertz CT molecular complexity index is 735. The number of carbonyl (C=O) groups is 1. The van der Waals surface area contributed by atoms with Gasteiger partial charge < -0.3 is 9.47 Å². The molecule has 2 rings (SSSR count). The highest BCUT2D eigenvalue weighted by Crippen LogP contribution is 2.30. The molecule has 0 bridgehead atoms. The minimum absolute atomic E-state index is 0.108. The van der Waals surface area contributed by atoms with Crippen molar-refractivity contribution in [2.24, 2.45) is 5.10 Å². The van der Waals surface area contributed by atoms with Crippen LogP contribution < -0.4 is 14.9 Å². The van der Waals surface area contributed by atoms with E-state index in [4.69, 9.17) is 9.47 Å². The maximum atomic E-state index is 11.9. The zero-order valence-electron chi connectivity index (χ0n) is 14.5. The summed E-state index contributed by atoms with van der Waals surface area (Å²) in [4.78, 5) is 11.9. The number of benzene rings is 2. The van der Waals surface area contributed by atoms with Gasteiger partial charge in [-0.2, -0.15) is 5.10 Å². The molecule has 0 aliphatic heterocycles. The van der Waals surface area contributed by atoms with E-state index in [1.54, 1.807) is 6.21 Å². The average molecular weight is 405 g/mol. The first-order valence-electron chi connectivity index (χ1n) is 7.94. The lowest BCUT2D eigenvalue weighted by molar-refractivity contribution is -0.123. The molecular formula is C19H21BrN2O3. The molecule has 0 fully saturated rings. The van der Waals surface area contributed by atoms with Gasteiger partial charge in [-0.05, 0) is 83.7 Å². The molecule has 0 aliphatic rings. The van der Waals surface area contributed by atoms with Crippen LogP contribution in [0.5, 0.6) is 11.5 Å². The fraction of sp³-hybridized carbons (Fsp3) is 0.263. The maximum Gasteiger partial charge on any atom is 0.277 e. The van der Waals surface area contributed by atoms with E-state index in [2.05, 4.69) is 26.5 Å². The Balaban J connectivity index is 1.84. The second kappa shape index (κ2) is 9.22. The van der Waals surface area contributed by atoms with Crippen molar-refractivity contribution < 1.29 is 14.3 Å². The number of carbonyl (C=O) groups excluding carboxylic acids is 1. The van der Waals surface area contributed by atoms with Gasteiger partial charge in [0.05, 0.1) is 17.3 Å². The molecule has 0 saturated heterocycles. The molecule has 6 heteroatoms. The lowest BCUT2D eigenvalue weighted by Crippen LogP contribution is -2.24. The molecule has 1 N–H and O–H groups in total. The Hall–Kier alpha value is -2.34. The van der Waals surface area contributed by atoms with Crippen molar-refractivity contribution in [2.75, 3.05) is 13.2 Å². The van der Waals surface area contributed by atoms with Gasteiger partial charge in [0.25, 0.3) is 5.91 Å². The number of amides is 1. The molecule has 0 atom stereocenters. The number of ether oxygens (including phenoxy) is 2. The van der Waals surface area contributed by atoms with Gasteiger partial charge in [0.1, 0.15) is 11.5 Å². The molecule has 0 aliphatic carbocycles. The minimum Gasteiger partial charge on any atom is -0.494 e. The van der Waals surface area contributed by atoms with Gasteiger partial charge >= 0.3 is 0 Å². The van der Waals surface area contributed by atoms with E-state index in [0.29, 0.717) is 12.4 Å². The number of hydrogen-bond donors (Lipinski definition) is 1. The van der Waals surface area contributed by atoms with Gasteiger partial charge in [-0.15, -0.1) is 0 Å². The van der Waals surface area contributed by atoms with E-state index in [-0.39, 0.29) is 12.5 Å². The van der Waals surface area contributed by atoms with Crippen molar-refractivity contribution in [3.63, 3.8) is 0 Å². The van der Waals surface area contributed by atoms with Gasteiger partial charge in [-0.25, -0.2) is 5.43 Å². The standard InChI is InChI=1S/C19H21BrN2O3/c1-4-24-16-7-5-15(6-8-16)11-21-22-18(23)12-25-19-14(3)9-13(2)10-17(19)20/h5-11H,4,12H2,1-3H3,(H,22,23)/b21-11+. The van der Waals surface area contributed by atoms with Crippen LogP contribution in [0.15, 0.2) is 46.0 Å². The highest BCUT2D eigenvalue weighted by molar-refractivity contribution is 9.10. The number of rotatable bonds is 7. The summed E-state index contributed by atoms with van der Waals surface area (Å²) in [5.74, 6) is 1.14. The zero-order chi connectivity index (χ0) is 18.2. The van der Waals surface area contributed by atoms with Crippen LogP contribution in [0.25, 0.3) is 0 Å². The van der Waals surface area contributed by atoms with Crippen LogP contribution >= 0.6 is 15.9 Å². The molecular weight excluding hydrogens is 384 g/mol. The van der Waals surface area contributed by atoms with Crippen LogP contribution in [-0.4, -0.2) is 25.3 Å². The summed E-state index contributed by atoms with van der Waals surface area (Å²) >= 11 is 3.45. The first-order chi connectivity index (χ1) is 12.0. The third kappa shape index (κ3) is 5.90. The number of hydrazone groups is 1. The molecule has 0 unspecified atom stereocenters. The monoisotopic (exact) mass is 404 g/mol. The summed E-state index contributed by atoms with van der Waals surface area (Å²) in [5, 5.41) is 3.93. The first kappa shape index (κ1) is 19.0. The molecule has 1 amide bonds. The van der Waals surface area contributed by atoms with Crippen molar-refractivity contribution in [1.29, 1.82) is 0 Å². The lowest BCUT2D eigenvalue weighted by atomic mass is 10.1. The van der Waals surface area contributed by atoms with Crippen LogP contribution in [0, 0.1) is 13.8 Å². The largest absolute Gasteiger partial charge is 0.494 e. The Kier molecular flexibility index (Phi) is 7.01. The summed E-state index contributed by atoms with van der Waals surface area (Å²) in [6.07, 6.45) is 1.57.